The maximum Gasteiger partial charge on any atom is 0.389 e. The first kappa shape index (κ1) is 12.8. The van der Waals surface area contributed by atoms with Crippen molar-refractivity contribution in [3.63, 3.8) is 0 Å². The Hall–Kier alpha value is -0.250. The molecule has 0 rings (SSSR count). The molecule has 0 aliphatic heterocycles. The lowest BCUT2D eigenvalue weighted by molar-refractivity contribution is -0.135. The molecule has 1 atom stereocenters. The molecule has 0 heterocycles. The van der Waals surface area contributed by atoms with Crippen LogP contribution in [-0.4, -0.2) is 19.3 Å². The van der Waals surface area contributed by atoms with E-state index in [9.17, 15) is 13.2 Å². The van der Waals surface area contributed by atoms with E-state index in [-0.39, 0.29) is 12.5 Å². The zero-order valence-corrected chi connectivity index (χ0v) is 8.41. The first-order valence-electron chi connectivity index (χ1n) is 4.61. The Morgan fingerprint density at radius 1 is 1.23 bits per heavy atom. The van der Waals surface area contributed by atoms with Crippen LogP contribution in [0.2, 0.25) is 0 Å². The lowest BCUT2D eigenvalue weighted by atomic mass is 9.98. The van der Waals surface area contributed by atoms with E-state index in [4.69, 9.17) is 0 Å². The van der Waals surface area contributed by atoms with Crippen molar-refractivity contribution in [1.82, 2.24) is 5.32 Å². The van der Waals surface area contributed by atoms with E-state index >= 15 is 0 Å². The van der Waals surface area contributed by atoms with Crippen LogP contribution in [-0.2, 0) is 0 Å². The van der Waals surface area contributed by atoms with Gasteiger partial charge < -0.3 is 5.32 Å². The fraction of sp³-hybridized carbons (Fsp3) is 1.00. The zero-order valence-electron chi connectivity index (χ0n) is 8.41. The molecule has 0 radical (unpaired) electrons. The fourth-order valence-electron chi connectivity index (χ4n) is 1.33. The molecule has 0 saturated carbocycles. The summed E-state index contributed by atoms with van der Waals surface area (Å²) in [5.41, 5.74) is 0. The Kier molecular flexibility index (Phi) is 5.37. The number of rotatable bonds is 5. The highest BCUT2D eigenvalue weighted by molar-refractivity contribution is 4.68. The summed E-state index contributed by atoms with van der Waals surface area (Å²) in [5, 5.41) is 3.02. The van der Waals surface area contributed by atoms with Gasteiger partial charge in [-0.2, -0.15) is 13.2 Å². The topological polar surface area (TPSA) is 12.0 Å². The van der Waals surface area contributed by atoms with Gasteiger partial charge in [0.05, 0.1) is 0 Å². The maximum absolute atomic E-state index is 11.8. The van der Waals surface area contributed by atoms with Crippen molar-refractivity contribution >= 4 is 0 Å². The highest BCUT2D eigenvalue weighted by Gasteiger charge is 2.26. The van der Waals surface area contributed by atoms with Crippen molar-refractivity contribution in [1.29, 1.82) is 0 Å². The summed E-state index contributed by atoms with van der Waals surface area (Å²) in [5.74, 6) is 0.387. The minimum atomic E-state index is -4.00. The second-order valence-electron chi connectivity index (χ2n) is 3.65. The van der Waals surface area contributed by atoms with Crippen LogP contribution in [0.4, 0.5) is 13.2 Å². The van der Waals surface area contributed by atoms with Crippen molar-refractivity contribution in [2.24, 2.45) is 5.92 Å². The van der Waals surface area contributed by atoms with Gasteiger partial charge in [0.25, 0.3) is 0 Å². The number of hydrogen-bond donors (Lipinski definition) is 1. The van der Waals surface area contributed by atoms with Crippen LogP contribution < -0.4 is 5.32 Å². The second-order valence-corrected chi connectivity index (χ2v) is 3.65. The van der Waals surface area contributed by atoms with Crippen LogP contribution in [0.1, 0.15) is 33.1 Å². The molecule has 0 bridgehead atoms. The Morgan fingerprint density at radius 3 is 2.08 bits per heavy atom. The minimum Gasteiger partial charge on any atom is -0.317 e. The maximum atomic E-state index is 11.8. The molecule has 1 unspecified atom stereocenters. The molecule has 0 aromatic carbocycles. The fourth-order valence-corrected chi connectivity index (χ4v) is 1.33. The molecule has 13 heavy (non-hydrogen) atoms. The summed E-state index contributed by atoms with van der Waals surface area (Å²) in [6.45, 7) is 4.02. The smallest absolute Gasteiger partial charge is 0.317 e. The normalized spacial score (nSPS) is 15.0. The van der Waals surface area contributed by atoms with Crippen molar-refractivity contribution in [2.75, 3.05) is 7.05 Å². The molecule has 1 N–H and O–H groups in total. The van der Waals surface area contributed by atoms with Gasteiger partial charge in [0.1, 0.15) is 0 Å². The van der Waals surface area contributed by atoms with Crippen LogP contribution >= 0.6 is 0 Å². The van der Waals surface area contributed by atoms with Gasteiger partial charge in [-0.05, 0) is 25.8 Å². The lowest BCUT2D eigenvalue weighted by Crippen LogP contribution is -2.30. The van der Waals surface area contributed by atoms with E-state index in [0.717, 1.165) is 0 Å². The van der Waals surface area contributed by atoms with Gasteiger partial charge in [-0.1, -0.05) is 13.8 Å². The first-order valence-corrected chi connectivity index (χ1v) is 4.61. The molecule has 4 heteroatoms. The lowest BCUT2D eigenvalue weighted by Gasteiger charge is -2.20. The average molecular weight is 197 g/mol. The van der Waals surface area contributed by atoms with E-state index in [1.807, 2.05) is 13.8 Å². The largest absolute Gasteiger partial charge is 0.389 e. The van der Waals surface area contributed by atoms with E-state index in [0.29, 0.717) is 12.3 Å². The first-order chi connectivity index (χ1) is 5.87. The molecule has 0 saturated heterocycles. The molecule has 80 valence electrons. The second kappa shape index (κ2) is 5.47. The Labute approximate surface area is 77.7 Å². The van der Waals surface area contributed by atoms with Crippen LogP contribution in [0.15, 0.2) is 0 Å². The predicted molar refractivity (Wildman–Crippen MR) is 47.6 cm³/mol. The van der Waals surface area contributed by atoms with Crippen LogP contribution in [0.3, 0.4) is 0 Å². The zero-order chi connectivity index (χ0) is 10.5. The molecule has 1 nitrogen and oxygen atoms in total. The molecule has 0 aromatic heterocycles. The summed E-state index contributed by atoms with van der Waals surface area (Å²) >= 11 is 0. The third-order valence-corrected chi connectivity index (χ3v) is 2.15. The standard InChI is InChI=1S/C9H18F3N/c1-7(2)8(13-3)5-4-6-9(10,11)12/h7-8,13H,4-6H2,1-3H3. The van der Waals surface area contributed by atoms with Gasteiger partial charge in [-0.3, -0.25) is 0 Å². The summed E-state index contributed by atoms with van der Waals surface area (Å²) in [6.07, 6.45) is -3.87. The van der Waals surface area contributed by atoms with E-state index in [1.54, 1.807) is 7.05 Å². The van der Waals surface area contributed by atoms with Gasteiger partial charge in [0.2, 0.25) is 0 Å². The Morgan fingerprint density at radius 2 is 1.77 bits per heavy atom. The van der Waals surface area contributed by atoms with E-state index in [1.165, 1.54) is 0 Å². The predicted octanol–water partition coefficient (Wildman–Crippen LogP) is 2.96. The number of hydrogen-bond acceptors (Lipinski definition) is 1. The molecule has 0 aromatic rings. The minimum absolute atomic E-state index is 0.197. The van der Waals surface area contributed by atoms with Crippen LogP contribution in [0.25, 0.3) is 0 Å². The van der Waals surface area contributed by atoms with Gasteiger partial charge in [-0.25, -0.2) is 0 Å². The number of alkyl halides is 3. The monoisotopic (exact) mass is 197 g/mol. The van der Waals surface area contributed by atoms with Gasteiger partial charge in [0, 0.05) is 12.5 Å². The summed E-state index contributed by atoms with van der Waals surface area (Å²) in [7, 11) is 1.79. The van der Waals surface area contributed by atoms with E-state index < -0.39 is 12.6 Å². The molecule has 0 spiro atoms. The average Bonchev–Trinajstić information content (AvgIpc) is 1.95. The SMILES string of the molecule is CNC(CCCC(F)(F)F)C(C)C. The highest BCUT2D eigenvalue weighted by atomic mass is 19.4. The molecule has 0 aliphatic rings. The highest BCUT2D eigenvalue weighted by Crippen LogP contribution is 2.23. The molecule has 0 amide bonds. The summed E-state index contributed by atoms with van der Waals surface area (Å²) < 4.78 is 35.4. The molecular formula is C9H18F3N. The third kappa shape index (κ3) is 6.87. The van der Waals surface area contributed by atoms with Crippen molar-refractivity contribution in [2.45, 2.75) is 45.3 Å². The van der Waals surface area contributed by atoms with Crippen LogP contribution in [0.5, 0.6) is 0 Å². The van der Waals surface area contributed by atoms with Gasteiger partial charge in [0.15, 0.2) is 0 Å². The number of nitrogens with one attached hydrogen (secondary N) is 1. The third-order valence-electron chi connectivity index (χ3n) is 2.15. The van der Waals surface area contributed by atoms with Crippen molar-refractivity contribution in [3.05, 3.63) is 0 Å². The Balaban J connectivity index is 3.62. The van der Waals surface area contributed by atoms with Gasteiger partial charge >= 0.3 is 6.18 Å². The van der Waals surface area contributed by atoms with Gasteiger partial charge in [-0.15, -0.1) is 0 Å². The molecule has 0 aliphatic carbocycles. The molecular weight excluding hydrogens is 179 g/mol. The van der Waals surface area contributed by atoms with E-state index in [2.05, 4.69) is 5.32 Å². The summed E-state index contributed by atoms with van der Waals surface area (Å²) in [4.78, 5) is 0. The van der Waals surface area contributed by atoms with Crippen LogP contribution in [0, 0.1) is 5.92 Å². The summed E-state index contributed by atoms with van der Waals surface area (Å²) in [6, 6.07) is 0.197. The Bertz CT molecular complexity index is 131. The van der Waals surface area contributed by atoms with Crippen molar-refractivity contribution in [3.8, 4) is 0 Å². The number of halogens is 3. The van der Waals surface area contributed by atoms with Crippen molar-refractivity contribution < 1.29 is 13.2 Å². The molecule has 0 fully saturated rings. The quantitative estimate of drug-likeness (QED) is 0.714.